The van der Waals surface area contributed by atoms with Crippen molar-refractivity contribution in [2.24, 2.45) is 5.73 Å². The van der Waals surface area contributed by atoms with Gasteiger partial charge in [-0.1, -0.05) is 0 Å². The summed E-state index contributed by atoms with van der Waals surface area (Å²) in [6.45, 7) is 0.258. The number of amides is 1. The fourth-order valence-electron chi connectivity index (χ4n) is 0.909. The Morgan fingerprint density at radius 2 is 2.30 bits per heavy atom. The second-order valence-electron chi connectivity index (χ2n) is 2.20. The van der Waals surface area contributed by atoms with Gasteiger partial charge in [0.1, 0.15) is 6.17 Å². The SMILES string of the molecule is Cl.NC(=O)[C@H]1C[C@H](F)CN1. The average Bonchev–Trinajstić information content (AvgIpc) is 2.14. The van der Waals surface area contributed by atoms with Crippen LogP contribution in [0.3, 0.4) is 0 Å². The Morgan fingerprint density at radius 3 is 2.50 bits per heavy atom. The monoisotopic (exact) mass is 168 g/mol. The van der Waals surface area contributed by atoms with Gasteiger partial charge >= 0.3 is 0 Å². The number of primary amides is 1. The molecule has 0 saturated carbocycles. The van der Waals surface area contributed by atoms with Gasteiger partial charge in [0.15, 0.2) is 0 Å². The molecule has 0 aromatic carbocycles. The van der Waals surface area contributed by atoms with Crippen molar-refractivity contribution in [3.05, 3.63) is 0 Å². The molecule has 0 aliphatic carbocycles. The molecule has 2 atom stereocenters. The van der Waals surface area contributed by atoms with E-state index in [-0.39, 0.29) is 25.4 Å². The highest BCUT2D eigenvalue weighted by molar-refractivity contribution is 5.85. The van der Waals surface area contributed by atoms with Gasteiger partial charge in [0.05, 0.1) is 6.04 Å². The van der Waals surface area contributed by atoms with E-state index >= 15 is 0 Å². The highest BCUT2D eigenvalue weighted by Crippen LogP contribution is 2.08. The Labute approximate surface area is 64.6 Å². The molecular formula is C5H10ClFN2O. The molecule has 0 bridgehead atoms. The first-order valence-electron chi connectivity index (χ1n) is 2.87. The minimum Gasteiger partial charge on any atom is -0.368 e. The number of nitrogens with two attached hydrogens (primary N) is 1. The Balaban J connectivity index is 0.000000810. The summed E-state index contributed by atoms with van der Waals surface area (Å²) in [5.74, 6) is -0.463. The molecule has 0 aromatic heterocycles. The van der Waals surface area contributed by atoms with Crippen LogP contribution in [0.15, 0.2) is 0 Å². The molecule has 10 heavy (non-hydrogen) atoms. The van der Waals surface area contributed by atoms with Crippen molar-refractivity contribution < 1.29 is 9.18 Å². The van der Waals surface area contributed by atoms with Crippen LogP contribution in [0, 0.1) is 0 Å². The predicted octanol–water partition coefficient (Wildman–Crippen LogP) is -0.407. The van der Waals surface area contributed by atoms with Gasteiger partial charge in [-0.15, -0.1) is 12.4 Å². The lowest BCUT2D eigenvalue weighted by Crippen LogP contribution is -2.36. The normalized spacial score (nSPS) is 31.3. The molecule has 1 heterocycles. The van der Waals surface area contributed by atoms with Crippen LogP contribution in [0.1, 0.15) is 6.42 Å². The second-order valence-corrected chi connectivity index (χ2v) is 2.20. The van der Waals surface area contributed by atoms with E-state index in [0.717, 1.165) is 0 Å². The number of rotatable bonds is 1. The third kappa shape index (κ3) is 2.11. The van der Waals surface area contributed by atoms with E-state index in [9.17, 15) is 9.18 Å². The highest BCUT2D eigenvalue weighted by Gasteiger charge is 2.26. The summed E-state index contributed by atoms with van der Waals surface area (Å²) < 4.78 is 12.3. The van der Waals surface area contributed by atoms with Crippen molar-refractivity contribution in [1.82, 2.24) is 5.32 Å². The fraction of sp³-hybridized carbons (Fsp3) is 0.800. The van der Waals surface area contributed by atoms with Crippen LogP contribution >= 0.6 is 12.4 Å². The average molecular weight is 169 g/mol. The van der Waals surface area contributed by atoms with E-state index in [1.54, 1.807) is 0 Å². The van der Waals surface area contributed by atoms with Gasteiger partial charge in [-0.05, 0) is 0 Å². The maximum absolute atomic E-state index is 12.3. The zero-order valence-electron chi connectivity index (χ0n) is 5.34. The fourth-order valence-corrected chi connectivity index (χ4v) is 0.909. The lowest BCUT2D eigenvalue weighted by atomic mass is 10.2. The van der Waals surface area contributed by atoms with Gasteiger partial charge in [0.25, 0.3) is 0 Å². The van der Waals surface area contributed by atoms with E-state index in [1.807, 2.05) is 0 Å². The molecule has 5 heteroatoms. The van der Waals surface area contributed by atoms with Crippen LogP contribution in [0.4, 0.5) is 4.39 Å². The zero-order valence-corrected chi connectivity index (χ0v) is 6.16. The Bertz CT molecular complexity index is 133. The number of alkyl halides is 1. The highest BCUT2D eigenvalue weighted by atomic mass is 35.5. The van der Waals surface area contributed by atoms with Crippen molar-refractivity contribution in [2.75, 3.05) is 6.54 Å². The van der Waals surface area contributed by atoms with Crippen molar-refractivity contribution in [3.63, 3.8) is 0 Å². The number of carbonyl (C=O) groups is 1. The molecule has 1 fully saturated rings. The predicted molar refractivity (Wildman–Crippen MR) is 37.7 cm³/mol. The molecule has 0 unspecified atom stereocenters. The van der Waals surface area contributed by atoms with Gasteiger partial charge in [-0.2, -0.15) is 0 Å². The number of nitrogens with one attached hydrogen (secondary N) is 1. The molecule has 1 amide bonds. The number of hydrogen-bond acceptors (Lipinski definition) is 2. The van der Waals surface area contributed by atoms with E-state index in [2.05, 4.69) is 5.32 Å². The summed E-state index contributed by atoms with van der Waals surface area (Å²) in [6.07, 6.45) is -0.669. The van der Waals surface area contributed by atoms with E-state index in [4.69, 9.17) is 5.73 Å². The van der Waals surface area contributed by atoms with Gasteiger partial charge in [0, 0.05) is 13.0 Å². The van der Waals surface area contributed by atoms with Crippen LogP contribution in [-0.2, 0) is 4.79 Å². The largest absolute Gasteiger partial charge is 0.368 e. The van der Waals surface area contributed by atoms with E-state index in [0.29, 0.717) is 0 Å². The van der Waals surface area contributed by atoms with Crippen LogP contribution < -0.4 is 11.1 Å². The Kier molecular flexibility index (Phi) is 3.60. The molecule has 1 aliphatic heterocycles. The molecule has 0 spiro atoms. The standard InChI is InChI=1S/C5H9FN2O.ClH/c6-3-1-4(5(7)9)8-2-3;/h3-4,8H,1-2H2,(H2,7,9);1H/t3-,4+;/m0./s1. The van der Waals surface area contributed by atoms with Crippen LogP contribution in [-0.4, -0.2) is 24.7 Å². The minimum atomic E-state index is -0.900. The lowest BCUT2D eigenvalue weighted by Gasteiger charge is -2.00. The van der Waals surface area contributed by atoms with Crippen molar-refractivity contribution in [1.29, 1.82) is 0 Å². The quantitative estimate of drug-likeness (QED) is 0.560. The molecule has 60 valence electrons. The van der Waals surface area contributed by atoms with Crippen molar-refractivity contribution in [2.45, 2.75) is 18.6 Å². The van der Waals surface area contributed by atoms with Crippen LogP contribution in [0.2, 0.25) is 0 Å². The summed E-state index contributed by atoms with van der Waals surface area (Å²) in [4.78, 5) is 10.3. The zero-order chi connectivity index (χ0) is 6.85. The molecule has 3 N–H and O–H groups in total. The first kappa shape index (κ1) is 9.65. The molecular weight excluding hydrogens is 159 g/mol. The molecule has 1 saturated heterocycles. The Hall–Kier alpha value is -0.350. The second kappa shape index (κ2) is 3.73. The molecule has 0 radical (unpaired) electrons. The van der Waals surface area contributed by atoms with E-state index < -0.39 is 18.1 Å². The number of halogens is 2. The number of carbonyl (C=O) groups excluding carboxylic acids is 1. The van der Waals surface area contributed by atoms with E-state index in [1.165, 1.54) is 0 Å². The first-order valence-corrected chi connectivity index (χ1v) is 2.87. The third-order valence-corrected chi connectivity index (χ3v) is 1.42. The third-order valence-electron chi connectivity index (χ3n) is 1.42. The summed E-state index contributed by atoms with van der Waals surface area (Å²) >= 11 is 0. The van der Waals surface area contributed by atoms with Crippen molar-refractivity contribution >= 4 is 18.3 Å². The first-order chi connectivity index (χ1) is 4.20. The van der Waals surface area contributed by atoms with Gasteiger partial charge < -0.3 is 11.1 Å². The maximum atomic E-state index is 12.3. The molecule has 0 aromatic rings. The summed E-state index contributed by atoms with van der Waals surface area (Å²) in [7, 11) is 0. The van der Waals surface area contributed by atoms with Crippen molar-refractivity contribution in [3.8, 4) is 0 Å². The topological polar surface area (TPSA) is 55.1 Å². The molecule has 1 aliphatic rings. The Morgan fingerprint density at radius 1 is 1.70 bits per heavy atom. The lowest BCUT2D eigenvalue weighted by molar-refractivity contribution is -0.119. The summed E-state index contributed by atoms with van der Waals surface area (Å²) in [6, 6.07) is -0.444. The van der Waals surface area contributed by atoms with Crippen LogP contribution in [0.5, 0.6) is 0 Å². The molecule has 1 rings (SSSR count). The maximum Gasteiger partial charge on any atom is 0.234 e. The summed E-state index contributed by atoms with van der Waals surface area (Å²) in [5.41, 5.74) is 4.89. The van der Waals surface area contributed by atoms with Crippen LogP contribution in [0.25, 0.3) is 0 Å². The number of hydrogen-bond donors (Lipinski definition) is 2. The minimum absolute atomic E-state index is 0. The smallest absolute Gasteiger partial charge is 0.234 e. The summed E-state index contributed by atoms with van der Waals surface area (Å²) in [5, 5.41) is 2.66. The molecule has 3 nitrogen and oxygen atoms in total. The van der Waals surface area contributed by atoms with Gasteiger partial charge in [-0.3, -0.25) is 4.79 Å². The van der Waals surface area contributed by atoms with Gasteiger partial charge in [0.2, 0.25) is 5.91 Å². The van der Waals surface area contributed by atoms with Gasteiger partial charge in [-0.25, -0.2) is 4.39 Å².